The number of aryl methyl sites for hydroxylation is 1. The highest BCUT2D eigenvalue weighted by atomic mass is 35.5. The lowest BCUT2D eigenvalue weighted by Gasteiger charge is -2.19. The molecule has 0 aliphatic carbocycles. The molecular formula is C15H17ClFN3. The van der Waals surface area contributed by atoms with Crippen LogP contribution in [0.25, 0.3) is 0 Å². The molecule has 0 bridgehead atoms. The van der Waals surface area contributed by atoms with Gasteiger partial charge in [0.25, 0.3) is 0 Å². The molecule has 1 heterocycles. The van der Waals surface area contributed by atoms with Crippen molar-refractivity contribution in [3.05, 3.63) is 64.2 Å². The molecule has 3 nitrogen and oxygen atoms in total. The Kier molecular flexibility index (Phi) is 5.06. The molecule has 3 N–H and O–H groups in total. The molecule has 0 saturated heterocycles. The summed E-state index contributed by atoms with van der Waals surface area (Å²) in [6.07, 6.45) is 4.84. The minimum Gasteiger partial charge on any atom is -0.271 e. The van der Waals surface area contributed by atoms with Crippen LogP contribution in [-0.4, -0.2) is 4.98 Å². The molecule has 106 valence electrons. The first-order valence-corrected chi connectivity index (χ1v) is 6.86. The van der Waals surface area contributed by atoms with Crippen molar-refractivity contribution in [1.29, 1.82) is 0 Å². The van der Waals surface area contributed by atoms with Crippen molar-refractivity contribution in [3.63, 3.8) is 0 Å². The van der Waals surface area contributed by atoms with Crippen LogP contribution in [-0.2, 0) is 12.8 Å². The zero-order valence-electron chi connectivity index (χ0n) is 11.2. The Morgan fingerprint density at radius 1 is 1.35 bits per heavy atom. The number of hydrogen-bond acceptors (Lipinski definition) is 3. The Hall–Kier alpha value is -1.49. The lowest BCUT2D eigenvalue weighted by Crippen LogP contribution is -2.30. The summed E-state index contributed by atoms with van der Waals surface area (Å²) in [5, 5.41) is 0.390. The summed E-state index contributed by atoms with van der Waals surface area (Å²) in [6, 6.07) is 6.44. The Balaban J connectivity index is 2.29. The van der Waals surface area contributed by atoms with Crippen molar-refractivity contribution in [2.45, 2.75) is 25.8 Å². The lowest BCUT2D eigenvalue weighted by molar-refractivity contribution is 0.525. The molecule has 1 atom stereocenters. The van der Waals surface area contributed by atoms with Crippen molar-refractivity contribution in [2.24, 2.45) is 5.84 Å². The molecule has 1 aromatic heterocycles. The summed E-state index contributed by atoms with van der Waals surface area (Å²) in [6.45, 7) is 2.05. The average Bonchev–Trinajstić information content (AvgIpc) is 2.46. The van der Waals surface area contributed by atoms with Crippen LogP contribution in [0.3, 0.4) is 0 Å². The minimum atomic E-state index is -0.315. The predicted molar refractivity (Wildman–Crippen MR) is 78.8 cm³/mol. The Morgan fingerprint density at radius 3 is 2.80 bits per heavy atom. The van der Waals surface area contributed by atoms with Gasteiger partial charge >= 0.3 is 0 Å². The van der Waals surface area contributed by atoms with Crippen molar-refractivity contribution in [1.82, 2.24) is 10.4 Å². The van der Waals surface area contributed by atoms with Gasteiger partial charge in [-0.05, 0) is 47.7 Å². The van der Waals surface area contributed by atoms with E-state index in [1.54, 1.807) is 18.3 Å². The van der Waals surface area contributed by atoms with Gasteiger partial charge in [-0.15, -0.1) is 0 Å². The number of hydrazine groups is 1. The van der Waals surface area contributed by atoms with Gasteiger partial charge in [0.1, 0.15) is 5.82 Å². The molecule has 0 aliphatic rings. The van der Waals surface area contributed by atoms with Gasteiger partial charge < -0.3 is 0 Å². The Bertz CT molecular complexity index is 589. The van der Waals surface area contributed by atoms with Gasteiger partial charge in [-0.25, -0.2) is 4.39 Å². The molecule has 0 saturated carbocycles. The maximum Gasteiger partial charge on any atom is 0.127 e. The number of pyridine rings is 1. The fraction of sp³-hybridized carbons (Fsp3) is 0.267. The summed E-state index contributed by atoms with van der Waals surface area (Å²) >= 11 is 5.76. The van der Waals surface area contributed by atoms with Gasteiger partial charge in [0.2, 0.25) is 0 Å². The SMILES string of the molecule is CCc1cnccc1C(Cc1ccc(Cl)cc1F)NN. The second-order valence-corrected chi connectivity index (χ2v) is 5.02. The smallest absolute Gasteiger partial charge is 0.127 e. The summed E-state index contributed by atoms with van der Waals surface area (Å²) in [5.74, 6) is 5.32. The highest BCUT2D eigenvalue weighted by molar-refractivity contribution is 6.30. The lowest BCUT2D eigenvalue weighted by atomic mass is 9.95. The van der Waals surface area contributed by atoms with Crippen LogP contribution >= 0.6 is 11.6 Å². The van der Waals surface area contributed by atoms with Gasteiger partial charge in [-0.2, -0.15) is 0 Å². The van der Waals surface area contributed by atoms with Crippen LogP contribution in [0.15, 0.2) is 36.7 Å². The maximum absolute atomic E-state index is 13.9. The largest absolute Gasteiger partial charge is 0.271 e. The number of benzene rings is 1. The van der Waals surface area contributed by atoms with Gasteiger partial charge in [-0.1, -0.05) is 24.6 Å². The number of aromatic nitrogens is 1. The first-order chi connectivity index (χ1) is 9.65. The van der Waals surface area contributed by atoms with E-state index in [0.717, 1.165) is 17.5 Å². The van der Waals surface area contributed by atoms with Crippen LogP contribution < -0.4 is 11.3 Å². The number of halogens is 2. The monoisotopic (exact) mass is 293 g/mol. The third kappa shape index (κ3) is 3.33. The summed E-state index contributed by atoms with van der Waals surface area (Å²) < 4.78 is 13.9. The number of nitrogens with two attached hydrogens (primary N) is 1. The molecule has 0 amide bonds. The zero-order valence-corrected chi connectivity index (χ0v) is 12.0. The van der Waals surface area contributed by atoms with E-state index in [2.05, 4.69) is 17.3 Å². The summed E-state index contributed by atoms with van der Waals surface area (Å²) in [7, 11) is 0. The van der Waals surface area contributed by atoms with Crippen LogP contribution in [0, 0.1) is 5.82 Å². The van der Waals surface area contributed by atoms with Crippen molar-refractivity contribution >= 4 is 11.6 Å². The molecule has 0 fully saturated rings. The number of nitrogens with one attached hydrogen (secondary N) is 1. The minimum absolute atomic E-state index is 0.163. The fourth-order valence-electron chi connectivity index (χ4n) is 2.24. The summed E-state index contributed by atoms with van der Waals surface area (Å²) in [5.41, 5.74) is 5.48. The molecule has 2 rings (SSSR count). The van der Waals surface area contributed by atoms with Gasteiger partial charge in [0, 0.05) is 17.4 Å². The number of hydrogen-bond donors (Lipinski definition) is 2. The van der Waals surface area contributed by atoms with Crippen molar-refractivity contribution in [3.8, 4) is 0 Å². The van der Waals surface area contributed by atoms with Gasteiger partial charge in [0.15, 0.2) is 0 Å². The molecule has 20 heavy (non-hydrogen) atoms. The first kappa shape index (κ1) is 14.9. The molecule has 0 radical (unpaired) electrons. The van der Waals surface area contributed by atoms with E-state index in [1.165, 1.54) is 6.07 Å². The van der Waals surface area contributed by atoms with Crippen molar-refractivity contribution in [2.75, 3.05) is 0 Å². The standard InChI is InChI=1S/C15H17ClFN3/c1-2-10-9-19-6-5-13(10)15(20-18)7-11-3-4-12(16)8-14(11)17/h3-6,8-9,15,20H,2,7,18H2,1H3. The highest BCUT2D eigenvalue weighted by Gasteiger charge is 2.16. The Morgan fingerprint density at radius 2 is 2.15 bits per heavy atom. The quantitative estimate of drug-likeness (QED) is 0.657. The molecular weight excluding hydrogens is 277 g/mol. The summed E-state index contributed by atoms with van der Waals surface area (Å²) in [4.78, 5) is 4.11. The third-order valence-corrected chi connectivity index (χ3v) is 3.57. The van der Waals surface area contributed by atoms with Crippen LogP contribution in [0.1, 0.15) is 29.7 Å². The molecule has 1 unspecified atom stereocenters. The molecule has 5 heteroatoms. The van der Waals surface area contributed by atoms with Crippen LogP contribution in [0.4, 0.5) is 4.39 Å². The van der Waals surface area contributed by atoms with E-state index >= 15 is 0 Å². The molecule has 1 aromatic carbocycles. The van der Waals surface area contributed by atoms with Crippen LogP contribution in [0.5, 0.6) is 0 Å². The maximum atomic E-state index is 13.9. The fourth-order valence-corrected chi connectivity index (χ4v) is 2.40. The second-order valence-electron chi connectivity index (χ2n) is 4.59. The third-order valence-electron chi connectivity index (χ3n) is 3.34. The van der Waals surface area contributed by atoms with E-state index in [4.69, 9.17) is 17.4 Å². The predicted octanol–water partition coefficient (Wildman–Crippen LogP) is 3.18. The number of rotatable bonds is 5. The van der Waals surface area contributed by atoms with Crippen molar-refractivity contribution < 1.29 is 4.39 Å². The van der Waals surface area contributed by atoms with E-state index in [9.17, 15) is 4.39 Å². The normalized spacial score (nSPS) is 12.4. The van der Waals surface area contributed by atoms with E-state index < -0.39 is 0 Å². The molecule has 2 aromatic rings. The van der Waals surface area contributed by atoms with E-state index in [1.807, 2.05) is 12.3 Å². The highest BCUT2D eigenvalue weighted by Crippen LogP contribution is 2.24. The molecule has 0 aliphatic heterocycles. The first-order valence-electron chi connectivity index (χ1n) is 6.48. The van der Waals surface area contributed by atoms with E-state index in [-0.39, 0.29) is 11.9 Å². The molecule has 0 spiro atoms. The second kappa shape index (κ2) is 6.79. The average molecular weight is 294 g/mol. The van der Waals surface area contributed by atoms with Gasteiger partial charge in [-0.3, -0.25) is 16.3 Å². The van der Waals surface area contributed by atoms with Gasteiger partial charge in [0.05, 0.1) is 6.04 Å². The topological polar surface area (TPSA) is 50.9 Å². The Labute approximate surface area is 122 Å². The zero-order chi connectivity index (χ0) is 14.5. The number of nitrogens with zero attached hydrogens (tertiary/aromatic N) is 1. The van der Waals surface area contributed by atoms with E-state index in [0.29, 0.717) is 17.0 Å². The van der Waals surface area contributed by atoms with Crippen LogP contribution in [0.2, 0.25) is 5.02 Å².